The Kier molecular flexibility index (Phi) is 6.41. The van der Waals surface area contributed by atoms with Crippen LogP contribution in [0.5, 0.6) is 0 Å². The average molecular weight is 443 g/mol. The van der Waals surface area contributed by atoms with Gasteiger partial charge in [0, 0.05) is 16.5 Å². The van der Waals surface area contributed by atoms with E-state index in [0.29, 0.717) is 15.7 Å². The van der Waals surface area contributed by atoms with Gasteiger partial charge in [0.05, 0.1) is 22.2 Å². The zero-order valence-corrected chi connectivity index (χ0v) is 18.3. The van der Waals surface area contributed by atoms with E-state index in [0.717, 1.165) is 22.5 Å². The summed E-state index contributed by atoms with van der Waals surface area (Å²) >= 11 is 2.65. The number of thiazole rings is 1. The van der Waals surface area contributed by atoms with Gasteiger partial charge in [0.15, 0.2) is 5.13 Å². The number of hydrogen-bond acceptors (Lipinski definition) is 6. The molecule has 0 aliphatic carbocycles. The molecule has 4 rings (SSSR count). The number of amides is 1. The van der Waals surface area contributed by atoms with Crippen LogP contribution < -0.4 is 5.32 Å². The first-order valence-electron chi connectivity index (χ1n) is 9.59. The molecule has 0 saturated carbocycles. The highest BCUT2D eigenvalue weighted by Crippen LogP contribution is 2.30. The van der Waals surface area contributed by atoms with Crippen LogP contribution in [-0.2, 0) is 4.79 Å². The van der Waals surface area contributed by atoms with Gasteiger partial charge in [-0.2, -0.15) is 5.26 Å². The molecule has 152 valence electrons. The molecule has 31 heavy (non-hydrogen) atoms. The lowest BCUT2D eigenvalue weighted by atomic mass is 10.1. The second-order valence-electron chi connectivity index (χ2n) is 6.68. The second kappa shape index (κ2) is 9.56. The summed E-state index contributed by atoms with van der Waals surface area (Å²) in [6.45, 7) is 1.80. The van der Waals surface area contributed by atoms with Crippen LogP contribution in [-0.4, -0.2) is 21.1 Å². The van der Waals surface area contributed by atoms with E-state index in [9.17, 15) is 10.1 Å². The number of nitrogens with one attached hydrogen (secondary N) is 1. The molecule has 2 aromatic heterocycles. The van der Waals surface area contributed by atoms with E-state index in [4.69, 9.17) is 0 Å². The number of anilines is 1. The van der Waals surface area contributed by atoms with Gasteiger partial charge < -0.3 is 5.32 Å². The van der Waals surface area contributed by atoms with Crippen molar-refractivity contribution in [3.63, 3.8) is 0 Å². The maximum atomic E-state index is 12.7. The van der Waals surface area contributed by atoms with Gasteiger partial charge in [-0.3, -0.25) is 4.79 Å². The van der Waals surface area contributed by atoms with Gasteiger partial charge in [0.1, 0.15) is 11.1 Å². The zero-order valence-electron chi connectivity index (χ0n) is 16.6. The van der Waals surface area contributed by atoms with Crippen molar-refractivity contribution in [1.29, 1.82) is 5.26 Å². The van der Waals surface area contributed by atoms with Crippen LogP contribution in [0.4, 0.5) is 5.13 Å². The summed E-state index contributed by atoms with van der Waals surface area (Å²) in [5, 5.41) is 14.9. The van der Waals surface area contributed by atoms with Crippen LogP contribution in [0.2, 0.25) is 0 Å². The lowest BCUT2D eigenvalue weighted by Gasteiger charge is -2.12. The molecule has 0 saturated heterocycles. The molecular weight excluding hydrogens is 424 g/mol. The van der Waals surface area contributed by atoms with Crippen molar-refractivity contribution in [1.82, 2.24) is 9.97 Å². The molecule has 5 nitrogen and oxygen atoms in total. The van der Waals surface area contributed by atoms with Crippen LogP contribution in [0.1, 0.15) is 12.5 Å². The Labute approximate surface area is 188 Å². The number of pyridine rings is 1. The maximum absolute atomic E-state index is 12.7. The quantitative estimate of drug-likeness (QED) is 0.378. The number of nitriles is 1. The SMILES string of the molecule is CC(Sc1nc(-c2ccccc2)ccc1C#N)C(=O)Nc1nc(-c2ccccc2)cs1. The molecule has 0 bridgehead atoms. The minimum absolute atomic E-state index is 0.185. The highest BCUT2D eigenvalue weighted by atomic mass is 32.2. The molecular formula is C24H18N4OS2. The minimum atomic E-state index is -0.449. The van der Waals surface area contributed by atoms with Crippen molar-refractivity contribution in [2.45, 2.75) is 17.2 Å². The van der Waals surface area contributed by atoms with Crippen molar-refractivity contribution < 1.29 is 4.79 Å². The van der Waals surface area contributed by atoms with Crippen molar-refractivity contribution in [2.24, 2.45) is 0 Å². The van der Waals surface area contributed by atoms with Crippen LogP contribution >= 0.6 is 23.1 Å². The monoisotopic (exact) mass is 442 g/mol. The van der Waals surface area contributed by atoms with Crippen LogP contribution in [0.25, 0.3) is 22.5 Å². The lowest BCUT2D eigenvalue weighted by molar-refractivity contribution is -0.115. The molecule has 4 aromatic rings. The van der Waals surface area contributed by atoms with Crippen LogP contribution in [0.3, 0.4) is 0 Å². The summed E-state index contributed by atoms with van der Waals surface area (Å²) in [7, 11) is 0. The number of aromatic nitrogens is 2. The second-order valence-corrected chi connectivity index (χ2v) is 8.87. The average Bonchev–Trinajstić information content (AvgIpc) is 3.28. The highest BCUT2D eigenvalue weighted by Gasteiger charge is 2.19. The summed E-state index contributed by atoms with van der Waals surface area (Å²) in [6, 6.07) is 25.3. The van der Waals surface area contributed by atoms with Gasteiger partial charge in [-0.1, -0.05) is 72.4 Å². The topological polar surface area (TPSA) is 78.7 Å². The Morgan fingerprint density at radius 2 is 1.61 bits per heavy atom. The Morgan fingerprint density at radius 1 is 0.968 bits per heavy atom. The first-order valence-corrected chi connectivity index (χ1v) is 11.3. The predicted octanol–water partition coefficient (Wildman–Crippen LogP) is 5.86. The van der Waals surface area contributed by atoms with E-state index in [1.807, 2.05) is 72.1 Å². The summed E-state index contributed by atoms with van der Waals surface area (Å²) in [5.74, 6) is -0.185. The third-order valence-corrected chi connectivity index (χ3v) is 6.37. The van der Waals surface area contributed by atoms with E-state index in [2.05, 4.69) is 21.4 Å². The fourth-order valence-electron chi connectivity index (χ4n) is 2.89. The molecule has 0 aliphatic rings. The Balaban J connectivity index is 1.48. The molecule has 2 heterocycles. The maximum Gasteiger partial charge on any atom is 0.239 e. The van der Waals surface area contributed by atoms with Crippen molar-refractivity contribution >= 4 is 34.1 Å². The number of carbonyl (C=O) groups is 1. The number of nitrogens with zero attached hydrogens (tertiary/aromatic N) is 3. The number of hydrogen-bond donors (Lipinski definition) is 1. The van der Waals surface area contributed by atoms with Gasteiger partial charge in [0.25, 0.3) is 0 Å². The van der Waals surface area contributed by atoms with Crippen molar-refractivity contribution in [3.8, 4) is 28.6 Å². The van der Waals surface area contributed by atoms with Crippen LogP contribution in [0, 0.1) is 11.3 Å². The van der Waals surface area contributed by atoms with Crippen molar-refractivity contribution in [3.05, 3.63) is 83.7 Å². The molecule has 2 aromatic carbocycles. The standard InChI is InChI=1S/C24H18N4OS2/c1-16(22(29)28-24-27-21(15-30-24)18-10-6-3-7-11-18)31-23-19(14-25)12-13-20(26-23)17-8-4-2-5-9-17/h2-13,15-16H,1H3,(H,27,28,29). The third-order valence-electron chi connectivity index (χ3n) is 4.51. The number of benzene rings is 2. The Hall–Kier alpha value is -3.47. The van der Waals surface area contributed by atoms with Crippen molar-refractivity contribution in [2.75, 3.05) is 5.32 Å². The molecule has 0 aliphatic heterocycles. The molecule has 0 fully saturated rings. The van der Waals surface area contributed by atoms with E-state index in [1.165, 1.54) is 23.1 Å². The smallest absolute Gasteiger partial charge is 0.239 e. The number of thioether (sulfide) groups is 1. The molecule has 7 heteroatoms. The van der Waals surface area contributed by atoms with Gasteiger partial charge in [-0.25, -0.2) is 9.97 Å². The summed E-state index contributed by atoms with van der Waals surface area (Å²) < 4.78 is 0. The van der Waals surface area contributed by atoms with Gasteiger partial charge in [-0.15, -0.1) is 11.3 Å². The Bertz CT molecular complexity index is 1230. The third kappa shape index (κ3) is 5.00. The molecule has 1 amide bonds. The van der Waals surface area contributed by atoms with Gasteiger partial charge in [-0.05, 0) is 19.1 Å². The first-order chi connectivity index (χ1) is 15.1. The van der Waals surface area contributed by atoms with E-state index < -0.39 is 5.25 Å². The molecule has 1 unspecified atom stereocenters. The van der Waals surface area contributed by atoms with E-state index >= 15 is 0 Å². The summed E-state index contributed by atoms with van der Waals surface area (Å²) in [4.78, 5) is 21.9. The fourth-order valence-corrected chi connectivity index (χ4v) is 4.50. The van der Waals surface area contributed by atoms with Crippen LogP contribution in [0.15, 0.2) is 83.2 Å². The lowest BCUT2D eigenvalue weighted by Crippen LogP contribution is -2.22. The minimum Gasteiger partial charge on any atom is -0.301 e. The highest BCUT2D eigenvalue weighted by molar-refractivity contribution is 8.00. The predicted molar refractivity (Wildman–Crippen MR) is 126 cm³/mol. The first kappa shape index (κ1) is 20.8. The van der Waals surface area contributed by atoms with Gasteiger partial charge in [0.2, 0.25) is 5.91 Å². The number of rotatable bonds is 6. The van der Waals surface area contributed by atoms with Gasteiger partial charge >= 0.3 is 0 Å². The summed E-state index contributed by atoms with van der Waals surface area (Å²) in [6.07, 6.45) is 0. The van der Waals surface area contributed by atoms with E-state index in [-0.39, 0.29) is 5.91 Å². The molecule has 1 N–H and O–H groups in total. The zero-order chi connectivity index (χ0) is 21.6. The van der Waals surface area contributed by atoms with E-state index in [1.54, 1.807) is 13.0 Å². The molecule has 1 atom stereocenters. The normalized spacial score (nSPS) is 11.5. The Morgan fingerprint density at radius 3 is 2.26 bits per heavy atom. The number of carbonyl (C=O) groups excluding carboxylic acids is 1. The largest absolute Gasteiger partial charge is 0.301 e. The summed E-state index contributed by atoms with van der Waals surface area (Å²) in [5.41, 5.74) is 4.00. The molecule has 0 radical (unpaired) electrons. The molecule has 0 spiro atoms. The fraction of sp³-hybridized carbons (Fsp3) is 0.0833.